The molecule has 0 unspecified atom stereocenters. The minimum absolute atomic E-state index is 0.193. The second kappa shape index (κ2) is 19.7. The van der Waals surface area contributed by atoms with Crippen molar-refractivity contribution in [2.45, 2.75) is 77.0 Å². The lowest BCUT2D eigenvalue weighted by atomic mass is 10.2. The van der Waals surface area contributed by atoms with Gasteiger partial charge in [-0.15, -0.1) is 0 Å². The molecule has 0 heterocycles. The third-order valence-electron chi connectivity index (χ3n) is 3.91. The third-order valence-corrected chi connectivity index (χ3v) is 5.40. The van der Waals surface area contributed by atoms with Gasteiger partial charge in [0.25, 0.3) is 0 Å². The summed E-state index contributed by atoms with van der Waals surface area (Å²) in [4.78, 5) is 0. The Bertz CT molecular complexity index is 281. The van der Waals surface area contributed by atoms with Crippen LogP contribution >= 0.6 is 7.82 Å². The zero-order valence-corrected chi connectivity index (χ0v) is 17.0. The summed E-state index contributed by atoms with van der Waals surface area (Å²) in [6, 6.07) is 0. The van der Waals surface area contributed by atoms with Gasteiger partial charge in [0.15, 0.2) is 0 Å². The highest BCUT2D eigenvalue weighted by Crippen LogP contribution is 2.50. The summed E-state index contributed by atoms with van der Waals surface area (Å²) in [6.07, 6.45) is 10.0. The summed E-state index contributed by atoms with van der Waals surface area (Å²) in [5.41, 5.74) is 0. The number of phosphoric acid groups is 1. The summed E-state index contributed by atoms with van der Waals surface area (Å²) in [5.74, 6) is 0. The maximum absolute atomic E-state index is 12.7. The van der Waals surface area contributed by atoms with Crippen molar-refractivity contribution < 1.29 is 33.5 Å². The largest absolute Gasteiger partial charge is 0.474 e. The fraction of sp³-hybridized carbons (Fsp3) is 1.00. The molecule has 0 radical (unpaired) electrons. The highest BCUT2D eigenvalue weighted by molar-refractivity contribution is 7.48. The van der Waals surface area contributed by atoms with Crippen LogP contribution in [0.15, 0.2) is 0 Å². The fourth-order valence-corrected chi connectivity index (χ4v) is 3.62. The summed E-state index contributed by atoms with van der Waals surface area (Å²) in [5, 5.41) is 26.3. The van der Waals surface area contributed by atoms with Gasteiger partial charge in [-0.1, -0.05) is 38.5 Å². The Morgan fingerprint density at radius 1 is 0.462 bits per heavy atom. The number of hydrogen-bond donors (Lipinski definition) is 3. The molecule has 0 aromatic rings. The normalized spacial score (nSPS) is 12.0. The van der Waals surface area contributed by atoms with Crippen LogP contribution in [0.5, 0.6) is 0 Å². The first-order valence-electron chi connectivity index (χ1n) is 10.0. The molecule has 0 fully saturated rings. The van der Waals surface area contributed by atoms with E-state index in [1.165, 1.54) is 0 Å². The number of aliphatic hydroxyl groups is 3. The zero-order chi connectivity index (χ0) is 19.3. The van der Waals surface area contributed by atoms with Crippen LogP contribution < -0.4 is 0 Å². The average Bonchev–Trinajstić information content (AvgIpc) is 2.64. The molecule has 26 heavy (non-hydrogen) atoms. The standard InChI is InChI=1S/C18H39O7P/c19-13-7-1-4-10-16-23-26(22,24-17-11-5-2-8-14-20)25-18-12-6-3-9-15-21/h19-21H,1-18H2. The van der Waals surface area contributed by atoms with Crippen molar-refractivity contribution >= 4 is 7.82 Å². The van der Waals surface area contributed by atoms with Crippen LogP contribution in [-0.4, -0.2) is 55.0 Å². The van der Waals surface area contributed by atoms with Crippen molar-refractivity contribution in [3.63, 3.8) is 0 Å². The second-order valence-electron chi connectivity index (χ2n) is 6.36. The maximum atomic E-state index is 12.7. The number of rotatable bonds is 21. The molecule has 0 atom stereocenters. The molecule has 8 heteroatoms. The quantitative estimate of drug-likeness (QED) is 0.199. The van der Waals surface area contributed by atoms with Gasteiger partial charge in [-0.05, 0) is 38.5 Å². The van der Waals surface area contributed by atoms with Crippen LogP contribution in [0.25, 0.3) is 0 Å². The number of phosphoric ester groups is 1. The van der Waals surface area contributed by atoms with Crippen LogP contribution in [0.2, 0.25) is 0 Å². The predicted molar refractivity (Wildman–Crippen MR) is 102 cm³/mol. The van der Waals surface area contributed by atoms with E-state index in [9.17, 15) is 4.57 Å². The third kappa shape index (κ3) is 17.4. The van der Waals surface area contributed by atoms with Crippen molar-refractivity contribution in [2.24, 2.45) is 0 Å². The van der Waals surface area contributed by atoms with E-state index in [0.717, 1.165) is 77.0 Å². The van der Waals surface area contributed by atoms with Crippen LogP contribution in [0.3, 0.4) is 0 Å². The number of aliphatic hydroxyl groups excluding tert-OH is 3. The van der Waals surface area contributed by atoms with Gasteiger partial charge in [0.05, 0.1) is 19.8 Å². The molecule has 0 aliphatic carbocycles. The first-order chi connectivity index (χ1) is 12.7. The molecule has 3 N–H and O–H groups in total. The van der Waals surface area contributed by atoms with E-state index < -0.39 is 7.82 Å². The second-order valence-corrected chi connectivity index (χ2v) is 8.03. The van der Waals surface area contributed by atoms with E-state index in [-0.39, 0.29) is 19.8 Å². The molecule has 0 bridgehead atoms. The molecular formula is C18H39O7P. The van der Waals surface area contributed by atoms with Gasteiger partial charge in [-0.3, -0.25) is 13.6 Å². The molecule has 0 aromatic heterocycles. The SMILES string of the molecule is O=P(OCCCCCCO)(OCCCCCCO)OCCCCCCO. The zero-order valence-electron chi connectivity index (χ0n) is 16.1. The number of hydrogen-bond acceptors (Lipinski definition) is 7. The summed E-state index contributed by atoms with van der Waals surface area (Å²) >= 11 is 0. The van der Waals surface area contributed by atoms with Crippen LogP contribution in [0, 0.1) is 0 Å². The van der Waals surface area contributed by atoms with Crippen molar-refractivity contribution in [2.75, 3.05) is 39.6 Å². The molecule has 0 spiro atoms. The maximum Gasteiger partial charge on any atom is 0.474 e. The van der Waals surface area contributed by atoms with Crippen molar-refractivity contribution in [3.8, 4) is 0 Å². The van der Waals surface area contributed by atoms with E-state index in [4.69, 9.17) is 28.9 Å². The first kappa shape index (κ1) is 26.0. The van der Waals surface area contributed by atoms with Crippen LogP contribution in [-0.2, 0) is 18.1 Å². The van der Waals surface area contributed by atoms with Crippen molar-refractivity contribution in [3.05, 3.63) is 0 Å². The minimum Gasteiger partial charge on any atom is -0.396 e. The monoisotopic (exact) mass is 398 g/mol. The van der Waals surface area contributed by atoms with Gasteiger partial charge < -0.3 is 15.3 Å². The van der Waals surface area contributed by atoms with Crippen molar-refractivity contribution in [1.82, 2.24) is 0 Å². The smallest absolute Gasteiger partial charge is 0.396 e. The molecule has 0 amide bonds. The fourth-order valence-electron chi connectivity index (χ4n) is 2.34. The predicted octanol–water partition coefficient (Wildman–Crippen LogP) is 3.80. The highest BCUT2D eigenvalue weighted by atomic mass is 31.2. The Labute approximate surface area is 158 Å². The average molecular weight is 398 g/mol. The molecule has 0 saturated heterocycles. The first-order valence-corrected chi connectivity index (χ1v) is 11.5. The van der Waals surface area contributed by atoms with E-state index in [2.05, 4.69) is 0 Å². The molecule has 0 aliphatic heterocycles. The Morgan fingerprint density at radius 3 is 1.00 bits per heavy atom. The summed E-state index contributed by atoms with van der Waals surface area (Å²) in [7, 11) is -3.53. The molecular weight excluding hydrogens is 359 g/mol. The van der Waals surface area contributed by atoms with Gasteiger partial charge in [0, 0.05) is 19.8 Å². The minimum atomic E-state index is -3.53. The van der Waals surface area contributed by atoms with Gasteiger partial charge in [-0.2, -0.15) is 0 Å². The lowest BCUT2D eigenvalue weighted by Crippen LogP contribution is -2.04. The Hall–Kier alpha value is -0.0100. The lowest BCUT2D eigenvalue weighted by molar-refractivity contribution is 0.108. The highest BCUT2D eigenvalue weighted by Gasteiger charge is 2.26. The summed E-state index contributed by atoms with van der Waals surface area (Å²) in [6.45, 7) is 1.53. The van der Waals surface area contributed by atoms with Gasteiger partial charge in [-0.25, -0.2) is 4.57 Å². The molecule has 7 nitrogen and oxygen atoms in total. The van der Waals surface area contributed by atoms with E-state index in [1.54, 1.807) is 0 Å². The molecule has 0 saturated carbocycles. The Balaban J connectivity index is 4.04. The Kier molecular flexibility index (Phi) is 19.7. The van der Waals surface area contributed by atoms with E-state index in [1.807, 2.05) is 0 Å². The van der Waals surface area contributed by atoms with Crippen LogP contribution in [0.1, 0.15) is 77.0 Å². The van der Waals surface area contributed by atoms with Crippen molar-refractivity contribution in [1.29, 1.82) is 0 Å². The van der Waals surface area contributed by atoms with E-state index >= 15 is 0 Å². The number of unbranched alkanes of at least 4 members (excludes halogenated alkanes) is 9. The topological polar surface area (TPSA) is 105 Å². The lowest BCUT2D eigenvalue weighted by Gasteiger charge is -2.18. The van der Waals surface area contributed by atoms with Gasteiger partial charge in [0.2, 0.25) is 0 Å². The Morgan fingerprint density at radius 2 is 0.731 bits per heavy atom. The summed E-state index contributed by atoms with van der Waals surface area (Å²) < 4.78 is 29.0. The van der Waals surface area contributed by atoms with Crippen LogP contribution in [0.4, 0.5) is 0 Å². The molecule has 0 aliphatic rings. The van der Waals surface area contributed by atoms with Gasteiger partial charge in [0.1, 0.15) is 0 Å². The molecule has 0 rings (SSSR count). The van der Waals surface area contributed by atoms with E-state index in [0.29, 0.717) is 19.8 Å². The van der Waals surface area contributed by atoms with Gasteiger partial charge >= 0.3 is 7.82 Å². The molecule has 158 valence electrons. The molecule has 0 aromatic carbocycles.